The van der Waals surface area contributed by atoms with Crippen molar-refractivity contribution in [2.45, 2.75) is 26.4 Å². The summed E-state index contributed by atoms with van der Waals surface area (Å²) in [5.41, 5.74) is 2.07. The summed E-state index contributed by atoms with van der Waals surface area (Å²) in [6.45, 7) is 2.98. The number of rotatable bonds is 7. The van der Waals surface area contributed by atoms with Gasteiger partial charge in [-0.2, -0.15) is 0 Å². The summed E-state index contributed by atoms with van der Waals surface area (Å²) in [6, 6.07) is 10.3. The molecule has 1 heterocycles. The van der Waals surface area contributed by atoms with Gasteiger partial charge in [-0.15, -0.1) is 11.3 Å². The molecule has 0 saturated heterocycles. The molecule has 5 heteroatoms. The third-order valence-corrected chi connectivity index (χ3v) is 4.22. The molecule has 1 aromatic heterocycles. The Labute approximate surface area is 129 Å². The van der Waals surface area contributed by atoms with Crippen molar-refractivity contribution in [3.8, 4) is 0 Å². The lowest BCUT2D eigenvalue weighted by Gasteiger charge is -2.04. The van der Waals surface area contributed by atoms with Gasteiger partial charge in [0.1, 0.15) is 9.88 Å². The first-order valence-corrected chi connectivity index (χ1v) is 7.79. The number of aromatic nitrogens is 1. The zero-order chi connectivity index (χ0) is 15.1. The molecule has 112 valence electrons. The number of nitrogens with one attached hydrogen (secondary N) is 1. The highest BCUT2D eigenvalue weighted by Gasteiger charge is 2.14. The van der Waals surface area contributed by atoms with Crippen LogP contribution in [0.2, 0.25) is 0 Å². The molecule has 1 aromatic carbocycles. The van der Waals surface area contributed by atoms with Crippen LogP contribution in [0.15, 0.2) is 30.3 Å². The molecule has 0 saturated carbocycles. The molecular weight excluding hydrogens is 284 g/mol. The fourth-order valence-corrected chi connectivity index (χ4v) is 3.02. The molecule has 1 N–H and O–H groups in total. The normalized spacial score (nSPS) is 10.6. The molecule has 0 aliphatic carbocycles. The second-order valence-electron chi connectivity index (χ2n) is 4.80. The SMILES string of the molecule is COCc1nc(C)c(C(=O)NCCCc2ccccc2)s1. The van der Waals surface area contributed by atoms with Gasteiger partial charge in [0.15, 0.2) is 0 Å². The van der Waals surface area contributed by atoms with Crippen molar-refractivity contribution in [2.24, 2.45) is 0 Å². The first kappa shape index (κ1) is 15.7. The highest BCUT2D eigenvalue weighted by Crippen LogP contribution is 2.18. The predicted molar refractivity (Wildman–Crippen MR) is 84.7 cm³/mol. The van der Waals surface area contributed by atoms with E-state index in [-0.39, 0.29) is 5.91 Å². The first-order valence-electron chi connectivity index (χ1n) is 6.98. The minimum Gasteiger partial charge on any atom is -0.378 e. The van der Waals surface area contributed by atoms with Crippen LogP contribution in [-0.2, 0) is 17.8 Å². The number of hydrogen-bond acceptors (Lipinski definition) is 4. The van der Waals surface area contributed by atoms with Gasteiger partial charge in [-0.1, -0.05) is 30.3 Å². The van der Waals surface area contributed by atoms with Crippen molar-refractivity contribution in [1.82, 2.24) is 10.3 Å². The van der Waals surface area contributed by atoms with Crippen LogP contribution in [0.5, 0.6) is 0 Å². The second kappa shape index (κ2) is 7.90. The molecule has 0 atom stereocenters. The summed E-state index contributed by atoms with van der Waals surface area (Å²) in [5, 5.41) is 3.79. The van der Waals surface area contributed by atoms with Crippen LogP contribution in [0.25, 0.3) is 0 Å². The molecule has 21 heavy (non-hydrogen) atoms. The Morgan fingerprint density at radius 1 is 1.33 bits per heavy atom. The van der Waals surface area contributed by atoms with Crippen molar-refractivity contribution in [3.05, 3.63) is 51.5 Å². The number of nitrogens with zero attached hydrogens (tertiary/aromatic N) is 1. The van der Waals surface area contributed by atoms with Crippen LogP contribution < -0.4 is 5.32 Å². The van der Waals surface area contributed by atoms with Crippen LogP contribution >= 0.6 is 11.3 Å². The van der Waals surface area contributed by atoms with Crippen molar-refractivity contribution in [2.75, 3.05) is 13.7 Å². The number of benzene rings is 1. The molecule has 0 aliphatic heterocycles. The van der Waals surface area contributed by atoms with E-state index in [0.29, 0.717) is 18.0 Å². The topological polar surface area (TPSA) is 51.2 Å². The summed E-state index contributed by atoms with van der Waals surface area (Å²) in [5.74, 6) is -0.0413. The summed E-state index contributed by atoms with van der Waals surface area (Å²) in [7, 11) is 1.63. The lowest BCUT2D eigenvalue weighted by atomic mass is 10.1. The van der Waals surface area contributed by atoms with Gasteiger partial charge in [0, 0.05) is 13.7 Å². The van der Waals surface area contributed by atoms with Crippen LogP contribution in [0.1, 0.15) is 32.4 Å². The minimum absolute atomic E-state index is 0.0413. The van der Waals surface area contributed by atoms with Crippen molar-refractivity contribution in [3.63, 3.8) is 0 Å². The van der Waals surface area contributed by atoms with Gasteiger partial charge in [-0.25, -0.2) is 4.98 Å². The van der Waals surface area contributed by atoms with E-state index in [9.17, 15) is 4.79 Å². The van der Waals surface area contributed by atoms with Crippen molar-refractivity contribution in [1.29, 1.82) is 0 Å². The quantitative estimate of drug-likeness (QED) is 0.800. The molecule has 1 amide bonds. The maximum absolute atomic E-state index is 12.1. The predicted octanol–water partition coefficient (Wildman–Crippen LogP) is 2.96. The fraction of sp³-hybridized carbons (Fsp3) is 0.375. The highest BCUT2D eigenvalue weighted by atomic mass is 32.1. The number of amides is 1. The van der Waals surface area contributed by atoms with Gasteiger partial charge in [0.25, 0.3) is 5.91 Å². The number of carbonyl (C=O) groups is 1. The molecule has 4 nitrogen and oxygen atoms in total. The van der Waals surface area contributed by atoms with Gasteiger partial charge in [-0.3, -0.25) is 4.79 Å². The average molecular weight is 304 g/mol. The first-order chi connectivity index (χ1) is 10.2. The maximum atomic E-state index is 12.1. The number of hydrogen-bond donors (Lipinski definition) is 1. The van der Waals surface area contributed by atoms with E-state index < -0.39 is 0 Å². The molecule has 0 spiro atoms. The minimum atomic E-state index is -0.0413. The van der Waals surface area contributed by atoms with Gasteiger partial charge >= 0.3 is 0 Å². The molecule has 0 unspecified atom stereocenters. The smallest absolute Gasteiger partial charge is 0.263 e. The van der Waals surface area contributed by atoms with E-state index in [1.807, 2.05) is 25.1 Å². The lowest BCUT2D eigenvalue weighted by Crippen LogP contribution is -2.24. The molecular formula is C16H20N2O2S. The monoisotopic (exact) mass is 304 g/mol. The van der Waals surface area contributed by atoms with Crippen molar-refractivity contribution < 1.29 is 9.53 Å². The molecule has 0 aliphatic rings. The van der Waals surface area contributed by atoms with Gasteiger partial charge < -0.3 is 10.1 Å². The van der Waals surface area contributed by atoms with Gasteiger partial charge in [-0.05, 0) is 25.3 Å². The number of methoxy groups -OCH3 is 1. The Bertz CT molecular complexity index is 581. The van der Waals surface area contributed by atoms with E-state index in [0.717, 1.165) is 23.5 Å². The number of aryl methyl sites for hydroxylation is 2. The van der Waals surface area contributed by atoms with Crippen LogP contribution in [0.4, 0.5) is 0 Å². The maximum Gasteiger partial charge on any atom is 0.263 e. The fourth-order valence-electron chi connectivity index (χ4n) is 2.07. The Morgan fingerprint density at radius 3 is 2.81 bits per heavy atom. The van der Waals surface area contributed by atoms with E-state index >= 15 is 0 Å². The third kappa shape index (κ3) is 4.65. The zero-order valence-corrected chi connectivity index (χ0v) is 13.2. The highest BCUT2D eigenvalue weighted by molar-refractivity contribution is 7.13. The summed E-state index contributed by atoms with van der Waals surface area (Å²) >= 11 is 1.40. The number of thiazole rings is 1. The number of ether oxygens (including phenoxy) is 1. The Balaban J connectivity index is 1.79. The largest absolute Gasteiger partial charge is 0.378 e. The zero-order valence-electron chi connectivity index (χ0n) is 12.4. The van der Waals surface area contributed by atoms with E-state index in [1.54, 1.807) is 7.11 Å². The summed E-state index contributed by atoms with van der Waals surface area (Å²) in [4.78, 5) is 17.1. The van der Waals surface area contributed by atoms with E-state index in [1.165, 1.54) is 16.9 Å². The third-order valence-electron chi connectivity index (χ3n) is 3.09. The summed E-state index contributed by atoms with van der Waals surface area (Å²) < 4.78 is 5.04. The van der Waals surface area contributed by atoms with Crippen LogP contribution in [0, 0.1) is 6.92 Å². The van der Waals surface area contributed by atoms with E-state index in [2.05, 4.69) is 22.4 Å². The van der Waals surface area contributed by atoms with Gasteiger partial charge in [0.2, 0.25) is 0 Å². The second-order valence-corrected chi connectivity index (χ2v) is 5.88. The average Bonchev–Trinajstić information content (AvgIpc) is 2.86. The van der Waals surface area contributed by atoms with Gasteiger partial charge in [0.05, 0.1) is 12.3 Å². The van der Waals surface area contributed by atoms with E-state index in [4.69, 9.17) is 4.74 Å². The Hall–Kier alpha value is -1.72. The number of carbonyl (C=O) groups excluding carboxylic acids is 1. The van der Waals surface area contributed by atoms with Crippen LogP contribution in [0.3, 0.4) is 0 Å². The Morgan fingerprint density at radius 2 is 2.10 bits per heavy atom. The standard InChI is InChI=1S/C16H20N2O2S/c1-12-15(21-14(18-12)11-20-2)16(19)17-10-6-9-13-7-4-3-5-8-13/h3-5,7-8H,6,9-11H2,1-2H3,(H,17,19). The Kier molecular flexibility index (Phi) is 5.90. The molecule has 2 rings (SSSR count). The molecule has 2 aromatic rings. The molecule has 0 radical (unpaired) electrons. The molecule has 0 fully saturated rings. The van der Waals surface area contributed by atoms with Crippen LogP contribution in [-0.4, -0.2) is 24.5 Å². The summed E-state index contributed by atoms with van der Waals surface area (Å²) in [6.07, 6.45) is 1.90. The molecule has 0 bridgehead atoms. The van der Waals surface area contributed by atoms with Crippen molar-refractivity contribution >= 4 is 17.2 Å². The lowest BCUT2D eigenvalue weighted by molar-refractivity contribution is 0.0956.